The Labute approximate surface area is 163 Å². The van der Waals surface area contributed by atoms with Gasteiger partial charge in [0.25, 0.3) is 0 Å². The molecular formula is C22H22FNO4. The van der Waals surface area contributed by atoms with Crippen molar-refractivity contribution in [3.63, 3.8) is 0 Å². The normalized spacial score (nSPS) is 23.6. The fraction of sp³-hybridized carbons (Fsp3) is 0.409. The number of methoxy groups -OCH3 is 1. The van der Waals surface area contributed by atoms with E-state index in [1.54, 1.807) is 0 Å². The monoisotopic (exact) mass is 383 g/mol. The Morgan fingerprint density at radius 2 is 2.00 bits per heavy atom. The second kappa shape index (κ2) is 6.48. The third-order valence-electron chi connectivity index (χ3n) is 6.20. The van der Waals surface area contributed by atoms with Crippen LogP contribution in [0.3, 0.4) is 0 Å². The maximum Gasteiger partial charge on any atom is 0.245 e. The predicted molar refractivity (Wildman–Crippen MR) is 102 cm³/mol. The molecule has 3 aliphatic heterocycles. The molecule has 1 fully saturated rings. The van der Waals surface area contributed by atoms with Crippen LogP contribution in [-0.4, -0.2) is 39.4 Å². The average Bonchev–Trinajstić information content (AvgIpc) is 3.21. The third kappa shape index (κ3) is 2.37. The van der Waals surface area contributed by atoms with E-state index in [2.05, 4.69) is 0 Å². The van der Waals surface area contributed by atoms with Gasteiger partial charge in [0, 0.05) is 37.1 Å². The molecule has 1 saturated heterocycles. The van der Waals surface area contributed by atoms with Crippen molar-refractivity contribution in [1.29, 1.82) is 0 Å². The van der Waals surface area contributed by atoms with Crippen LogP contribution in [-0.2, 0) is 14.9 Å². The Balaban J connectivity index is 1.60. The first-order valence-electron chi connectivity index (χ1n) is 9.65. The van der Waals surface area contributed by atoms with Gasteiger partial charge in [0.1, 0.15) is 17.8 Å². The molecule has 28 heavy (non-hydrogen) atoms. The predicted octanol–water partition coefficient (Wildman–Crippen LogP) is 3.29. The lowest BCUT2D eigenvalue weighted by molar-refractivity contribution is -0.122. The molecule has 1 spiro atoms. The third-order valence-corrected chi connectivity index (χ3v) is 6.20. The maximum absolute atomic E-state index is 14.5. The number of ether oxygens (including phenoxy) is 3. The van der Waals surface area contributed by atoms with E-state index < -0.39 is 11.2 Å². The maximum atomic E-state index is 14.5. The van der Waals surface area contributed by atoms with Crippen LogP contribution < -0.4 is 14.4 Å². The summed E-state index contributed by atoms with van der Waals surface area (Å²) in [6, 6.07) is 10.7. The second-order valence-corrected chi connectivity index (χ2v) is 7.67. The van der Waals surface area contributed by atoms with Crippen molar-refractivity contribution in [3.05, 3.63) is 53.3 Å². The first-order chi connectivity index (χ1) is 13.6. The fourth-order valence-electron chi connectivity index (χ4n) is 4.70. The molecule has 0 radical (unpaired) electrons. The van der Waals surface area contributed by atoms with Gasteiger partial charge in [-0.15, -0.1) is 0 Å². The first kappa shape index (κ1) is 17.5. The standard InChI is InChI=1S/C22H22FNO4/c1-26-20-11-19-16(10-17(20)23)22(13-28-19)15-4-2-3-5-18(15)24(21(22)25)12-14-6-8-27-9-7-14/h2-5,10-11,14H,6-9,12-13H2,1H3. The Hall–Kier alpha value is -2.60. The van der Waals surface area contributed by atoms with Crippen molar-refractivity contribution in [2.24, 2.45) is 5.92 Å². The van der Waals surface area contributed by atoms with E-state index >= 15 is 0 Å². The zero-order valence-corrected chi connectivity index (χ0v) is 15.7. The zero-order valence-electron chi connectivity index (χ0n) is 15.7. The molecule has 0 bridgehead atoms. The summed E-state index contributed by atoms with van der Waals surface area (Å²) in [6.07, 6.45) is 1.88. The number of hydrogen-bond donors (Lipinski definition) is 0. The van der Waals surface area contributed by atoms with Crippen LogP contribution >= 0.6 is 0 Å². The molecule has 0 N–H and O–H groups in total. The summed E-state index contributed by atoms with van der Waals surface area (Å²) in [4.78, 5) is 15.6. The summed E-state index contributed by atoms with van der Waals surface area (Å²) in [5.41, 5.74) is 1.37. The van der Waals surface area contributed by atoms with Crippen LogP contribution in [0.5, 0.6) is 11.5 Å². The van der Waals surface area contributed by atoms with Crippen LogP contribution in [0.1, 0.15) is 24.0 Å². The smallest absolute Gasteiger partial charge is 0.245 e. The molecule has 0 aliphatic carbocycles. The molecule has 1 unspecified atom stereocenters. The number of anilines is 1. The van der Waals surface area contributed by atoms with Crippen LogP contribution in [0.25, 0.3) is 0 Å². The summed E-state index contributed by atoms with van der Waals surface area (Å²) >= 11 is 0. The number of hydrogen-bond acceptors (Lipinski definition) is 4. The molecule has 3 heterocycles. The number of amides is 1. The molecule has 2 aromatic rings. The van der Waals surface area contributed by atoms with Gasteiger partial charge in [0.2, 0.25) is 5.91 Å². The van der Waals surface area contributed by atoms with Crippen molar-refractivity contribution in [3.8, 4) is 11.5 Å². The van der Waals surface area contributed by atoms with E-state index in [4.69, 9.17) is 14.2 Å². The van der Waals surface area contributed by atoms with Crippen LogP contribution in [0.2, 0.25) is 0 Å². The molecule has 146 valence electrons. The highest BCUT2D eigenvalue weighted by Gasteiger charge is 2.57. The SMILES string of the molecule is COc1cc2c(cc1F)C1(CO2)C(=O)N(CC2CCOCC2)c2ccccc21. The molecule has 0 saturated carbocycles. The van der Waals surface area contributed by atoms with Gasteiger partial charge in [0.05, 0.1) is 7.11 Å². The summed E-state index contributed by atoms with van der Waals surface area (Å²) in [7, 11) is 1.42. The lowest BCUT2D eigenvalue weighted by atomic mass is 9.77. The Morgan fingerprint density at radius 1 is 1.21 bits per heavy atom. The first-order valence-corrected chi connectivity index (χ1v) is 9.65. The zero-order chi connectivity index (χ0) is 19.3. The van der Waals surface area contributed by atoms with Gasteiger partial charge in [-0.1, -0.05) is 18.2 Å². The van der Waals surface area contributed by atoms with E-state index in [-0.39, 0.29) is 18.3 Å². The number of fused-ring (bicyclic) bond motifs is 4. The van der Waals surface area contributed by atoms with Gasteiger partial charge >= 0.3 is 0 Å². The molecule has 6 heteroatoms. The second-order valence-electron chi connectivity index (χ2n) is 7.67. The lowest BCUT2D eigenvalue weighted by Gasteiger charge is -2.29. The minimum atomic E-state index is -0.996. The molecule has 0 aromatic heterocycles. The number of benzene rings is 2. The number of nitrogens with zero attached hydrogens (tertiary/aromatic N) is 1. The number of carbonyl (C=O) groups excluding carboxylic acids is 1. The quantitative estimate of drug-likeness (QED) is 0.816. The van der Waals surface area contributed by atoms with Crippen molar-refractivity contribution in [2.45, 2.75) is 18.3 Å². The van der Waals surface area contributed by atoms with E-state index in [1.165, 1.54) is 19.2 Å². The van der Waals surface area contributed by atoms with Crippen LogP contribution in [0.15, 0.2) is 36.4 Å². The van der Waals surface area contributed by atoms with Crippen molar-refractivity contribution in [1.82, 2.24) is 0 Å². The molecule has 3 aliphatic rings. The van der Waals surface area contributed by atoms with Crippen molar-refractivity contribution < 1.29 is 23.4 Å². The highest BCUT2D eigenvalue weighted by molar-refractivity contribution is 6.11. The molecule has 5 rings (SSSR count). The van der Waals surface area contributed by atoms with Gasteiger partial charge in [0.15, 0.2) is 11.6 Å². The van der Waals surface area contributed by atoms with E-state index in [9.17, 15) is 9.18 Å². The number of rotatable bonds is 3. The number of carbonyl (C=O) groups is 1. The van der Waals surface area contributed by atoms with Gasteiger partial charge in [-0.25, -0.2) is 4.39 Å². The molecule has 1 atom stereocenters. The van der Waals surface area contributed by atoms with E-state index in [1.807, 2.05) is 29.2 Å². The van der Waals surface area contributed by atoms with E-state index in [0.717, 1.165) is 37.3 Å². The Bertz CT molecular complexity index is 940. The lowest BCUT2D eigenvalue weighted by Crippen LogP contribution is -2.44. The molecule has 1 amide bonds. The van der Waals surface area contributed by atoms with Gasteiger partial charge in [-0.3, -0.25) is 4.79 Å². The molecular weight excluding hydrogens is 361 g/mol. The minimum absolute atomic E-state index is 0.0384. The highest BCUT2D eigenvalue weighted by atomic mass is 19.1. The van der Waals surface area contributed by atoms with Crippen LogP contribution in [0, 0.1) is 11.7 Å². The summed E-state index contributed by atoms with van der Waals surface area (Å²) in [5, 5.41) is 0. The minimum Gasteiger partial charge on any atom is -0.494 e. The number of para-hydroxylation sites is 1. The Kier molecular flexibility index (Phi) is 4.05. The van der Waals surface area contributed by atoms with Gasteiger partial charge < -0.3 is 19.1 Å². The van der Waals surface area contributed by atoms with Crippen molar-refractivity contribution >= 4 is 11.6 Å². The van der Waals surface area contributed by atoms with Gasteiger partial charge in [-0.2, -0.15) is 0 Å². The van der Waals surface area contributed by atoms with E-state index in [0.29, 0.717) is 23.8 Å². The summed E-state index contributed by atoms with van der Waals surface area (Å²) < 4.78 is 31.0. The van der Waals surface area contributed by atoms with Crippen LogP contribution in [0.4, 0.5) is 10.1 Å². The van der Waals surface area contributed by atoms with Gasteiger partial charge in [-0.05, 0) is 36.5 Å². The molecule has 5 nitrogen and oxygen atoms in total. The largest absolute Gasteiger partial charge is 0.494 e. The average molecular weight is 383 g/mol. The Morgan fingerprint density at radius 3 is 2.79 bits per heavy atom. The topological polar surface area (TPSA) is 48.0 Å². The fourth-order valence-corrected chi connectivity index (χ4v) is 4.70. The number of halogens is 1. The summed E-state index contributed by atoms with van der Waals surface area (Å²) in [6.45, 7) is 2.29. The highest BCUT2D eigenvalue weighted by Crippen LogP contribution is 2.53. The van der Waals surface area contributed by atoms with Crippen molar-refractivity contribution in [2.75, 3.05) is 38.4 Å². The molecule has 2 aromatic carbocycles. The summed E-state index contributed by atoms with van der Waals surface area (Å²) in [5.74, 6) is 0.501.